The maximum absolute atomic E-state index is 15.2. The zero-order chi connectivity index (χ0) is 25.9. The smallest absolute Gasteiger partial charge is 0.422 e. The van der Waals surface area contributed by atoms with Gasteiger partial charge in [0.25, 0.3) is 0 Å². The maximum Gasteiger partial charge on any atom is 0.422 e. The number of rotatable bonds is 8. The van der Waals surface area contributed by atoms with Crippen LogP contribution < -0.4 is 4.74 Å². The first-order chi connectivity index (χ1) is 17.2. The molecule has 0 spiro atoms. The van der Waals surface area contributed by atoms with Crippen LogP contribution in [0.25, 0.3) is 10.8 Å². The molecule has 3 aromatic carbocycles. The second kappa shape index (κ2) is 11.1. The summed E-state index contributed by atoms with van der Waals surface area (Å²) in [6.45, 7) is -0.938. The van der Waals surface area contributed by atoms with E-state index in [0.717, 1.165) is 49.8 Å². The number of hydrogen-bond acceptors (Lipinski definition) is 2. The summed E-state index contributed by atoms with van der Waals surface area (Å²) in [7, 11) is 1.72. The Hall–Kier alpha value is -2.74. The Kier molecular flexibility index (Phi) is 8.13. The third-order valence-electron chi connectivity index (χ3n) is 6.96. The Balaban J connectivity index is 1.44. The van der Waals surface area contributed by atoms with Gasteiger partial charge >= 0.3 is 6.18 Å². The predicted molar refractivity (Wildman–Crippen MR) is 126 cm³/mol. The highest BCUT2D eigenvalue weighted by Gasteiger charge is 2.29. The van der Waals surface area contributed by atoms with E-state index < -0.39 is 36.0 Å². The van der Waals surface area contributed by atoms with Crippen molar-refractivity contribution in [3.05, 3.63) is 76.6 Å². The van der Waals surface area contributed by atoms with E-state index in [1.165, 1.54) is 5.56 Å². The van der Waals surface area contributed by atoms with E-state index in [9.17, 15) is 22.0 Å². The molecule has 36 heavy (non-hydrogen) atoms. The van der Waals surface area contributed by atoms with Crippen LogP contribution in [-0.2, 0) is 17.6 Å². The number of benzene rings is 3. The number of hydrogen-bond donors (Lipinski definition) is 0. The van der Waals surface area contributed by atoms with Gasteiger partial charge in [-0.05, 0) is 78.5 Å². The summed E-state index contributed by atoms with van der Waals surface area (Å²) in [4.78, 5) is 0. The predicted octanol–water partition coefficient (Wildman–Crippen LogP) is 7.90. The van der Waals surface area contributed by atoms with Crippen molar-refractivity contribution in [2.75, 3.05) is 20.3 Å². The molecule has 1 aliphatic carbocycles. The average molecular weight is 511 g/mol. The lowest BCUT2D eigenvalue weighted by Crippen LogP contribution is -2.20. The summed E-state index contributed by atoms with van der Waals surface area (Å²) >= 11 is 0. The van der Waals surface area contributed by atoms with Crippen LogP contribution >= 0.6 is 0 Å². The number of ether oxygens (including phenoxy) is 2. The van der Waals surface area contributed by atoms with Crippen LogP contribution in [0.5, 0.6) is 5.75 Å². The lowest BCUT2D eigenvalue weighted by Gasteiger charge is -2.28. The molecule has 0 radical (unpaired) electrons. The van der Waals surface area contributed by atoms with Crippen molar-refractivity contribution >= 4 is 10.8 Å². The molecule has 1 aliphatic rings. The Morgan fingerprint density at radius 3 is 2.14 bits per heavy atom. The molecular weight excluding hydrogens is 482 g/mol. The second-order valence-corrected chi connectivity index (χ2v) is 9.45. The van der Waals surface area contributed by atoms with Gasteiger partial charge in [-0.2, -0.15) is 17.6 Å². The van der Waals surface area contributed by atoms with Crippen LogP contribution in [-0.4, -0.2) is 26.5 Å². The number of halogens is 6. The third kappa shape index (κ3) is 6.14. The summed E-state index contributed by atoms with van der Waals surface area (Å²) in [6.07, 6.45) is -0.226. The minimum Gasteiger partial charge on any atom is -0.481 e. The fourth-order valence-electron chi connectivity index (χ4n) is 5.01. The normalized spacial score (nSPS) is 18.5. The van der Waals surface area contributed by atoms with Gasteiger partial charge in [0.15, 0.2) is 18.2 Å². The van der Waals surface area contributed by atoms with E-state index in [4.69, 9.17) is 4.74 Å². The Labute approximate surface area is 206 Å². The largest absolute Gasteiger partial charge is 0.481 e. The van der Waals surface area contributed by atoms with Crippen molar-refractivity contribution in [3.8, 4) is 5.75 Å². The molecule has 194 valence electrons. The second-order valence-electron chi connectivity index (χ2n) is 9.45. The molecule has 0 saturated heterocycles. The molecule has 3 aromatic rings. The average Bonchev–Trinajstić information content (AvgIpc) is 2.85. The zero-order valence-electron chi connectivity index (χ0n) is 19.9. The van der Waals surface area contributed by atoms with Crippen molar-refractivity contribution in [1.29, 1.82) is 0 Å². The Bertz CT molecular complexity index is 1200. The molecule has 0 unspecified atom stereocenters. The van der Waals surface area contributed by atoms with Gasteiger partial charge in [0.1, 0.15) is 5.82 Å². The third-order valence-corrected chi connectivity index (χ3v) is 6.96. The van der Waals surface area contributed by atoms with E-state index >= 15 is 4.39 Å². The first kappa shape index (κ1) is 26.3. The molecule has 8 heteroatoms. The van der Waals surface area contributed by atoms with Gasteiger partial charge in [0, 0.05) is 19.1 Å². The number of aryl methyl sites for hydroxylation is 2. The SMILES string of the molecule is COCC1CCC(c2ccc3c(F)c(CCc4ccc(OCC(F)(F)F)c(F)c4F)ccc3c2)CC1. The van der Waals surface area contributed by atoms with Gasteiger partial charge in [-0.25, -0.2) is 8.78 Å². The standard InChI is InChI=1S/C28H28F6O2/c1-35-15-17-2-4-18(5-3-17)21-10-12-23-22(14-21)9-8-19(25(23)29)6-7-20-11-13-24(27(31)26(20)30)36-16-28(32,33)34/h8-14,17-18H,2-7,15-16H2,1H3. The van der Waals surface area contributed by atoms with Crippen molar-refractivity contribution in [2.24, 2.45) is 5.92 Å². The molecule has 1 saturated carbocycles. The van der Waals surface area contributed by atoms with Gasteiger partial charge in [0.05, 0.1) is 0 Å². The minimum absolute atomic E-state index is 0.0203. The molecule has 0 atom stereocenters. The van der Waals surface area contributed by atoms with Crippen molar-refractivity contribution < 1.29 is 35.8 Å². The lowest BCUT2D eigenvalue weighted by molar-refractivity contribution is -0.153. The molecule has 0 heterocycles. The molecule has 0 amide bonds. The maximum atomic E-state index is 15.2. The quantitative estimate of drug-likeness (QED) is 0.287. The van der Waals surface area contributed by atoms with Crippen molar-refractivity contribution in [1.82, 2.24) is 0 Å². The van der Waals surface area contributed by atoms with Crippen LogP contribution in [0.2, 0.25) is 0 Å². The number of fused-ring (bicyclic) bond motifs is 1. The van der Waals surface area contributed by atoms with Crippen LogP contribution in [0.1, 0.15) is 48.3 Å². The number of alkyl halides is 3. The molecule has 0 bridgehead atoms. The van der Waals surface area contributed by atoms with Gasteiger partial charge in [-0.15, -0.1) is 0 Å². The van der Waals surface area contributed by atoms with E-state index in [1.807, 2.05) is 18.2 Å². The van der Waals surface area contributed by atoms with Gasteiger partial charge in [-0.1, -0.05) is 36.4 Å². The summed E-state index contributed by atoms with van der Waals surface area (Å²) in [5.41, 5.74) is 1.48. The Morgan fingerprint density at radius 1 is 0.806 bits per heavy atom. The summed E-state index contributed by atoms with van der Waals surface area (Å²) < 4.78 is 90.2. The molecule has 0 N–H and O–H groups in total. The highest BCUT2D eigenvalue weighted by molar-refractivity contribution is 5.84. The topological polar surface area (TPSA) is 18.5 Å². The molecule has 2 nitrogen and oxygen atoms in total. The number of methoxy groups -OCH3 is 1. The monoisotopic (exact) mass is 510 g/mol. The molecular formula is C28H28F6O2. The molecule has 4 rings (SSSR count). The Morgan fingerprint density at radius 2 is 1.47 bits per heavy atom. The van der Waals surface area contributed by atoms with Crippen LogP contribution in [0.15, 0.2) is 42.5 Å². The van der Waals surface area contributed by atoms with E-state index in [0.29, 0.717) is 22.8 Å². The highest BCUT2D eigenvalue weighted by Crippen LogP contribution is 2.37. The molecule has 0 aromatic heterocycles. The highest BCUT2D eigenvalue weighted by atomic mass is 19.4. The lowest BCUT2D eigenvalue weighted by atomic mass is 9.78. The summed E-state index contributed by atoms with van der Waals surface area (Å²) in [5.74, 6) is -2.97. The molecule has 1 fully saturated rings. The fourth-order valence-corrected chi connectivity index (χ4v) is 5.01. The van der Waals surface area contributed by atoms with Crippen molar-refractivity contribution in [2.45, 2.75) is 50.6 Å². The first-order valence-corrected chi connectivity index (χ1v) is 12.0. The van der Waals surface area contributed by atoms with Crippen molar-refractivity contribution in [3.63, 3.8) is 0 Å². The first-order valence-electron chi connectivity index (χ1n) is 12.0. The van der Waals surface area contributed by atoms with E-state index in [1.54, 1.807) is 19.2 Å². The van der Waals surface area contributed by atoms with Crippen LogP contribution in [0, 0.1) is 23.4 Å². The van der Waals surface area contributed by atoms with E-state index in [-0.39, 0.29) is 18.4 Å². The summed E-state index contributed by atoms with van der Waals surface area (Å²) in [5, 5.41) is 1.25. The molecule has 0 aliphatic heterocycles. The van der Waals surface area contributed by atoms with Gasteiger partial charge in [0.2, 0.25) is 5.82 Å². The zero-order valence-corrected chi connectivity index (χ0v) is 19.9. The fraction of sp³-hybridized carbons (Fsp3) is 0.429. The van der Waals surface area contributed by atoms with Gasteiger partial charge in [-0.3, -0.25) is 0 Å². The van der Waals surface area contributed by atoms with Crippen LogP contribution in [0.3, 0.4) is 0 Å². The van der Waals surface area contributed by atoms with Gasteiger partial charge < -0.3 is 9.47 Å². The minimum atomic E-state index is -4.67. The summed E-state index contributed by atoms with van der Waals surface area (Å²) in [6, 6.07) is 11.4. The van der Waals surface area contributed by atoms with Crippen LogP contribution in [0.4, 0.5) is 26.3 Å². The van der Waals surface area contributed by atoms with E-state index in [2.05, 4.69) is 4.74 Å².